The maximum absolute atomic E-state index is 13.1. The summed E-state index contributed by atoms with van der Waals surface area (Å²) >= 11 is 0. The van der Waals surface area contributed by atoms with Gasteiger partial charge in [0.1, 0.15) is 0 Å². The Balaban J connectivity index is 1.61. The Morgan fingerprint density at radius 3 is 3.18 bits per heavy atom. The van der Waals surface area contributed by atoms with Crippen LogP contribution in [0.3, 0.4) is 0 Å². The third-order valence-corrected chi connectivity index (χ3v) is 4.67. The van der Waals surface area contributed by atoms with Crippen LogP contribution in [-0.4, -0.2) is 27.5 Å². The topological polar surface area (TPSA) is 49.0 Å². The number of carbonyl (C=O) groups is 1. The molecule has 0 spiro atoms. The number of benzene rings is 1. The molecule has 2 heterocycles. The Morgan fingerprint density at radius 2 is 2.23 bits per heavy atom. The highest BCUT2D eigenvalue weighted by atomic mass is 16.2. The van der Waals surface area contributed by atoms with E-state index in [9.17, 15) is 4.79 Å². The lowest BCUT2D eigenvalue weighted by Gasteiger charge is -2.28. The van der Waals surface area contributed by atoms with Crippen molar-refractivity contribution < 1.29 is 4.79 Å². The van der Waals surface area contributed by atoms with Crippen molar-refractivity contribution in [1.82, 2.24) is 15.1 Å². The molecule has 4 nitrogen and oxygen atoms in total. The fourth-order valence-corrected chi connectivity index (χ4v) is 3.50. The van der Waals surface area contributed by atoms with Crippen LogP contribution in [0, 0.1) is 0 Å². The summed E-state index contributed by atoms with van der Waals surface area (Å²) in [7, 11) is 0. The molecule has 0 saturated carbocycles. The van der Waals surface area contributed by atoms with Crippen molar-refractivity contribution in [3.05, 3.63) is 58.9 Å². The quantitative estimate of drug-likeness (QED) is 0.879. The molecule has 1 unspecified atom stereocenters. The summed E-state index contributed by atoms with van der Waals surface area (Å²) < 4.78 is 0. The van der Waals surface area contributed by atoms with E-state index in [2.05, 4.69) is 34.5 Å². The second kappa shape index (κ2) is 5.44. The molecule has 1 amide bonds. The number of rotatable bonds is 1. The van der Waals surface area contributed by atoms with Gasteiger partial charge in [-0.25, -0.2) is 0 Å². The van der Waals surface area contributed by atoms with Gasteiger partial charge in [-0.3, -0.25) is 9.89 Å². The van der Waals surface area contributed by atoms with Crippen LogP contribution in [0.15, 0.2) is 36.5 Å². The van der Waals surface area contributed by atoms with Gasteiger partial charge in [-0.2, -0.15) is 5.10 Å². The van der Waals surface area contributed by atoms with Crippen LogP contribution in [0.4, 0.5) is 0 Å². The number of fused-ring (bicyclic) bond motifs is 2. The maximum atomic E-state index is 13.1. The first-order valence-corrected chi connectivity index (χ1v) is 7.88. The van der Waals surface area contributed by atoms with E-state index in [4.69, 9.17) is 0 Å². The average Bonchev–Trinajstić information content (AvgIpc) is 2.90. The molecule has 0 fully saturated rings. The smallest absolute Gasteiger partial charge is 0.230 e. The number of allylic oxidation sites excluding steroid dienone is 1. The van der Waals surface area contributed by atoms with Gasteiger partial charge in [0.05, 0.1) is 12.1 Å². The van der Waals surface area contributed by atoms with Crippen LogP contribution in [0.2, 0.25) is 0 Å². The SMILES string of the molecule is O=C(C1CC=Cc2ccccc21)N1CCCc2[nH]ncc2C1. The fourth-order valence-electron chi connectivity index (χ4n) is 3.50. The number of nitrogens with zero attached hydrogens (tertiary/aromatic N) is 2. The zero-order valence-corrected chi connectivity index (χ0v) is 12.5. The van der Waals surface area contributed by atoms with E-state index in [0.717, 1.165) is 36.9 Å². The van der Waals surface area contributed by atoms with Crippen molar-refractivity contribution in [3.63, 3.8) is 0 Å². The van der Waals surface area contributed by atoms with Crippen molar-refractivity contribution >= 4 is 12.0 Å². The van der Waals surface area contributed by atoms with Crippen LogP contribution in [0.1, 0.15) is 41.1 Å². The Bertz CT molecular complexity index is 731. The monoisotopic (exact) mass is 293 g/mol. The van der Waals surface area contributed by atoms with E-state index < -0.39 is 0 Å². The van der Waals surface area contributed by atoms with Crippen LogP contribution < -0.4 is 0 Å². The van der Waals surface area contributed by atoms with Crippen molar-refractivity contribution in [2.24, 2.45) is 0 Å². The zero-order valence-electron chi connectivity index (χ0n) is 12.5. The molecule has 22 heavy (non-hydrogen) atoms. The Kier molecular flexibility index (Phi) is 3.29. The first-order chi connectivity index (χ1) is 10.8. The highest BCUT2D eigenvalue weighted by molar-refractivity contribution is 5.86. The van der Waals surface area contributed by atoms with Gasteiger partial charge in [0, 0.05) is 24.3 Å². The largest absolute Gasteiger partial charge is 0.338 e. The first-order valence-electron chi connectivity index (χ1n) is 7.88. The van der Waals surface area contributed by atoms with E-state index in [1.807, 2.05) is 23.2 Å². The summed E-state index contributed by atoms with van der Waals surface area (Å²) in [6, 6.07) is 8.22. The van der Waals surface area contributed by atoms with Crippen molar-refractivity contribution in [2.75, 3.05) is 6.54 Å². The van der Waals surface area contributed by atoms with E-state index in [-0.39, 0.29) is 11.8 Å². The lowest BCUT2D eigenvalue weighted by Crippen LogP contribution is -2.35. The number of hydrogen-bond donors (Lipinski definition) is 1. The van der Waals surface area contributed by atoms with Gasteiger partial charge in [0.25, 0.3) is 0 Å². The summed E-state index contributed by atoms with van der Waals surface area (Å²) in [4.78, 5) is 15.1. The second-order valence-corrected chi connectivity index (χ2v) is 6.06. The third-order valence-electron chi connectivity index (χ3n) is 4.67. The Morgan fingerprint density at radius 1 is 1.32 bits per heavy atom. The van der Waals surface area contributed by atoms with Crippen LogP contribution in [0.25, 0.3) is 6.08 Å². The van der Waals surface area contributed by atoms with Gasteiger partial charge in [-0.05, 0) is 30.4 Å². The maximum Gasteiger partial charge on any atom is 0.230 e. The Labute approximate surface area is 129 Å². The molecule has 2 aliphatic rings. The van der Waals surface area contributed by atoms with Gasteiger partial charge in [0.15, 0.2) is 0 Å². The predicted octanol–water partition coefficient (Wildman–Crippen LogP) is 2.89. The molecular weight excluding hydrogens is 274 g/mol. The molecule has 112 valence electrons. The average molecular weight is 293 g/mol. The van der Waals surface area contributed by atoms with Crippen molar-refractivity contribution in [2.45, 2.75) is 31.7 Å². The summed E-state index contributed by atoms with van der Waals surface area (Å²) in [6.45, 7) is 1.50. The van der Waals surface area contributed by atoms with Gasteiger partial charge >= 0.3 is 0 Å². The normalized spacial score (nSPS) is 20.2. The van der Waals surface area contributed by atoms with E-state index in [1.165, 1.54) is 11.3 Å². The standard InChI is InChI=1S/C18H19N3O/c22-18(16-8-3-6-13-5-1-2-7-15(13)16)21-10-4-9-17-14(12-21)11-19-20-17/h1-3,5-7,11,16H,4,8-10,12H2,(H,19,20). The molecule has 1 N–H and O–H groups in total. The zero-order chi connectivity index (χ0) is 14.9. The van der Waals surface area contributed by atoms with Crippen molar-refractivity contribution in [1.29, 1.82) is 0 Å². The summed E-state index contributed by atoms with van der Waals surface area (Å²) in [6.07, 6.45) is 8.85. The van der Waals surface area contributed by atoms with E-state index in [1.54, 1.807) is 0 Å². The number of amides is 1. The number of H-pyrrole nitrogens is 1. The molecule has 1 aliphatic heterocycles. The first kappa shape index (κ1) is 13.3. The number of hydrogen-bond acceptors (Lipinski definition) is 2. The number of aryl methyl sites for hydroxylation is 1. The second-order valence-electron chi connectivity index (χ2n) is 6.06. The van der Waals surface area contributed by atoms with Crippen LogP contribution >= 0.6 is 0 Å². The molecule has 1 aromatic heterocycles. The molecule has 0 bridgehead atoms. The Hall–Kier alpha value is -2.36. The molecule has 4 heteroatoms. The molecule has 0 saturated heterocycles. The highest BCUT2D eigenvalue weighted by Crippen LogP contribution is 2.32. The summed E-state index contributed by atoms with van der Waals surface area (Å²) in [5.41, 5.74) is 4.67. The molecule has 4 rings (SSSR count). The lowest BCUT2D eigenvalue weighted by atomic mass is 9.86. The number of carbonyl (C=O) groups excluding carboxylic acids is 1. The fraction of sp³-hybridized carbons (Fsp3) is 0.333. The van der Waals surface area contributed by atoms with Crippen LogP contribution in [0.5, 0.6) is 0 Å². The van der Waals surface area contributed by atoms with Gasteiger partial charge in [-0.1, -0.05) is 36.4 Å². The molecule has 1 atom stereocenters. The van der Waals surface area contributed by atoms with Gasteiger partial charge in [0.2, 0.25) is 5.91 Å². The lowest BCUT2D eigenvalue weighted by molar-refractivity contribution is -0.133. The number of aromatic amines is 1. The van der Waals surface area contributed by atoms with Gasteiger partial charge in [-0.15, -0.1) is 0 Å². The minimum atomic E-state index is -0.0466. The van der Waals surface area contributed by atoms with Gasteiger partial charge < -0.3 is 4.90 Å². The minimum Gasteiger partial charge on any atom is -0.338 e. The molecular formula is C18H19N3O. The molecule has 1 aliphatic carbocycles. The predicted molar refractivity (Wildman–Crippen MR) is 85.2 cm³/mol. The number of aromatic nitrogens is 2. The third kappa shape index (κ3) is 2.25. The molecule has 0 radical (unpaired) electrons. The van der Waals surface area contributed by atoms with Crippen LogP contribution in [-0.2, 0) is 17.8 Å². The number of nitrogens with one attached hydrogen (secondary N) is 1. The molecule has 1 aromatic carbocycles. The van der Waals surface area contributed by atoms with Crippen molar-refractivity contribution in [3.8, 4) is 0 Å². The van der Waals surface area contributed by atoms with E-state index >= 15 is 0 Å². The summed E-state index contributed by atoms with van der Waals surface area (Å²) in [5.74, 6) is 0.195. The van der Waals surface area contributed by atoms with E-state index in [0.29, 0.717) is 6.54 Å². The highest BCUT2D eigenvalue weighted by Gasteiger charge is 2.29. The minimum absolute atomic E-state index is 0.0466. The molecule has 2 aromatic rings. The summed E-state index contributed by atoms with van der Waals surface area (Å²) in [5, 5.41) is 7.17.